The Hall–Kier alpha value is -4.39. The van der Waals surface area contributed by atoms with Crippen LogP contribution in [0.2, 0.25) is 0 Å². The fourth-order valence-corrected chi connectivity index (χ4v) is 7.47. The molecular weight excluding hydrogens is 665 g/mol. The van der Waals surface area contributed by atoms with E-state index in [0.717, 1.165) is 33.4 Å². The highest BCUT2D eigenvalue weighted by Gasteiger charge is 2.39. The van der Waals surface area contributed by atoms with Crippen molar-refractivity contribution in [1.82, 2.24) is 9.62 Å². The molecule has 9 nitrogen and oxygen atoms in total. The van der Waals surface area contributed by atoms with Crippen LogP contribution in [0.1, 0.15) is 53.2 Å². The fraction of sp³-hybridized carbons (Fsp3) is 0.268. The Balaban J connectivity index is 1.22. The Bertz CT molecular complexity index is 2010. The van der Waals surface area contributed by atoms with Gasteiger partial charge in [-0.2, -0.15) is 0 Å². The van der Waals surface area contributed by atoms with Gasteiger partial charge in [0.15, 0.2) is 6.29 Å². The smallest absolute Gasteiger partial charge is 0.240 e. The first-order valence-corrected chi connectivity index (χ1v) is 18.5. The molecule has 5 unspecified atom stereocenters. The second-order valence-corrected chi connectivity index (χ2v) is 14.9. The van der Waals surface area contributed by atoms with Crippen LogP contribution in [0.4, 0.5) is 0 Å². The molecule has 1 saturated heterocycles. The summed E-state index contributed by atoms with van der Waals surface area (Å²) in [4.78, 5) is 2.24. The summed E-state index contributed by atoms with van der Waals surface area (Å²) >= 11 is 0. The topological polar surface area (TPSA) is 129 Å². The summed E-state index contributed by atoms with van der Waals surface area (Å²) in [5.74, 6) is 0.0521. The minimum absolute atomic E-state index is 0.0467. The molecule has 0 aliphatic carbocycles. The minimum atomic E-state index is -3.65. The average Bonchev–Trinajstić information content (AvgIpc) is 3.15. The quantitative estimate of drug-likeness (QED) is 0.109. The largest absolute Gasteiger partial charge is 0.508 e. The van der Waals surface area contributed by atoms with Crippen molar-refractivity contribution in [2.75, 3.05) is 20.1 Å². The van der Waals surface area contributed by atoms with Gasteiger partial charge in [0.1, 0.15) is 5.75 Å². The lowest BCUT2D eigenvalue weighted by Crippen LogP contribution is -2.44. The van der Waals surface area contributed by atoms with Crippen LogP contribution in [0, 0.1) is 5.92 Å². The number of aromatic hydroxyl groups is 1. The van der Waals surface area contributed by atoms with Crippen molar-refractivity contribution in [3.8, 4) is 16.9 Å². The summed E-state index contributed by atoms with van der Waals surface area (Å²) in [6.45, 7) is 3.05. The van der Waals surface area contributed by atoms with Gasteiger partial charge < -0.3 is 29.7 Å². The number of aliphatic hydroxyl groups is 2. The van der Waals surface area contributed by atoms with Crippen LogP contribution in [0.3, 0.4) is 0 Å². The van der Waals surface area contributed by atoms with Crippen LogP contribution in [-0.4, -0.2) is 54.9 Å². The molecule has 0 spiro atoms. The van der Waals surface area contributed by atoms with E-state index in [1.807, 2.05) is 84.7 Å². The SMILES string of the molecule is CC1C(CN(C)CC(O)c2cccc(O)c2)OC(c2cccc(-c3cccc(CNS(=O)(=O)c4ccccc4)c3)c2)OC1c1ccc(CO)cc1. The third kappa shape index (κ3) is 9.10. The Morgan fingerprint density at radius 2 is 1.49 bits per heavy atom. The second-order valence-electron chi connectivity index (χ2n) is 13.1. The zero-order valence-corrected chi connectivity index (χ0v) is 29.5. The number of ether oxygens (including phenoxy) is 2. The summed E-state index contributed by atoms with van der Waals surface area (Å²) in [6, 6.07) is 38.4. The van der Waals surface area contributed by atoms with Crippen LogP contribution in [0.5, 0.6) is 5.75 Å². The predicted octanol–water partition coefficient (Wildman–Crippen LogP) is 6.49. The zero-order chi connectivity index (χ0) is 36.0. The van der Waals surface area contributed by atoms with E-state index in [4.69, 9.17) is 9.47 Å². The van der Waals surface area contributed by atoms with Gasteiger partial charge in [0, 0.05) is 31.1 Å². The normalized spacial score (nSPS) is 19.9. The molecule has 266 valence electrons. The summed E-state index contributed by atoms with van der Waals surface area (Å²) in [7, 11) is -1.72. The number of benzene rings is 5. The van der Waals surface area contributed by atoms with Crippen LogP contribution in [0.25, 0.3) is 11.1 Å². The lowest BCUT2D eigenvalue weighted by molar-refractivity contribution is -0.276. The number of phenolic OH excluding ortho intramolecular Hbond substituents is 1. The number of hydrogen-bond donors (Lipinski definition) is 4. The van der Waals surface area contributed by atoms with Crippen molar-refractivity contribution < 1.29 is 33.2 Å². The molecule has 1 aliphatic rings. The van der Waals surface area contributed by atoms with Crippen LogP contribution in [-0.2, 0) is 32.6 Å². The number of phenols is 1. The Labute approximate surface area is 299 Å². The molecule has 1 fully saturated rings. The first-order valence-electron chi connectivity index (χ1n) is 17.0. The summed E-state index contributed by atoms with van der Waals surface area (Å²) in [5, 5.41) is 30.5. The lowest BCUT2D eigenvalue weighted by Gasteiger charge is -2.42. The van der Waals surface area contributed by atoms with E-state index < -0.39 is 22.4 Å². The molecule has 0 bridgehead atoms. The van der Waals surface area contributed by atoms with Crippen molar-refractivity contribution in [3.05, 3.63) is 155 Å². The fourth-order valence-electron chi connectivity index (χ4n) is 6.43. The number of likely N-dealkylation sites (N-methyl/N-ethyl adjacent to an activating group) is 1. The highest BCUT2D eigenvalue weighted by Crippen LogP contribution is 2.42. The van der Waals surface area contributed by atoms with E-state index in [2.05, 4.69) is 11.6 Å². The summed E-state index contributed by atoms with van der Waals surface area (Å²) < 4.78 is 41.7. The maximum atomic E-state index is 12.8. The van der Waals surface area contributed by atoms with E-state index in [9.17, 15) is 23.7 Å². The van der Waals surface area contributed by atoms with E-state index in [-0.39, 0.29) is 41.9 Å². The summed E-state index contributed by atoms with van der Waals surface area (Å²) in [5.41, 5.74) is 5.93. The highest BCUT2D eigenvalue weighted by molar-refractivity contribution is 7.89. The van der Waals surface area contributed by atoms with Gasteiger partial charge in [-0.15, -0.1) is 0 Å². The number of nitrogens with zero attached hydrogens (tertiary/aromatic N) is 1. The van der Waals surface area contributed by atoms with Crippen molar-refractivity contribution in [2.45, 2.75) is 49.6 Å². The van der Waals surface area contributed by atoms with Gasteiger partial charge in [-0.25, -0.2) is 13.1 Å². The van der Waals surface area contributed by atoms with E-state index in [0.29, 0.717) is 18.7 Å². The van der Waals surface area contributed by atoms with Crippen molar-refractivity contribution in [2.24, 2.45) is 5.92 Å². The van der Waals surface area contributed by atoms with Crippen molar-refractivity contribution in [3.63, 3.8) is 0 Å². The third-order valence-electron chi connectivity index (χ3n) is 9.29. The van der Waals surface area contributed by atoms with Crippen molar-refractivity contribution in [1.29, 1.82) is 0 Å². The molecule has 51 heavy (non-hydrogen) atoms. The molecule has 6 rings (SSSR count). The predicted molar refractivity (Wildman–Crippen MR) is 196 cm³/mol. The Kier molecular flexibility index (Phi) is 11.6. The maximum Gasteiger partial charge on any atom is 0.240 e. The molecule has 5 aromatic carbocycles. The zero-order valence-electron chi connectivity index (χ0n) is 28.7. The summed E-state index contributed by atoms with van der Waals surface area (Å²) in [6.07, 6.45) is -2.07. The minimum Gasteiger partial charge on any atom is -0.508 e. The van der Waals surface area contributed by atoms with Gasteiger partial charge in [-0.1, -0.05) is 97.9 Å². The van der Waals surface area contributed by atoms with Crippen molar-refractivity contribution >= 4 is 10.0 Å². The van der Waals surface area contributed by atoms with E-state index in [1.54, 1.807) is 54.6 Å². The monoisotopic (exact) mass is 708 g/mol. The molecule has 0 radical (unpaired) electrons. The first kappa shape index (κ1) is 36.4. The molecule has 1 heterocycles. The third-order valence-corrected chi connectivity index (χ3v) is 10.7. The molecule has 5 aromatic rings. The van der Waals surface area contributed by atoms with Gasteiger partial charge in [0.05, 0.1) is 29.8 Å². The van der Waals surface area contributed by atoms with Gasteiger partial charge in [0.2, 0.25) is 10.0 Å². The second kappa shape index (κ2) is 16.3. The molecule has 1 aliphatic heterocycles. The van der Waals surface area contributed by atoms with E-state index in [1.165, 1.54) is 0 Å². The van der Waals surface area contributed by atoms with Crippen LogP contribution < -0.4 is 4.72 Å². The molecule has 0 saturated carbocycles. The highest BCUT2D eigenvalue weighted by atomic mass is 32.2. The standard InChI is InChI=1S/C41H44N2O7S/c1-28-39(26-43(2)25-38(46)34-12-8-14-36(45)23-34)49-41(50-40(28)31-19-17-29(27-44)18-20-31)35-13-7-11-33(22-35)32-10-6-9-30(21-32)24-42-51(47,48)37-15-4-3-5-16-37/h3-23,28,38-42,44-46H,24-27H2,1-2H3. The Morgan fingerprint density at radius 3 is 2.22 bits per heavy atom. The molecule has 4 N–H and O–H groups in total. The lowest BCUT2D eigenvalue weighted by atomic mass is 9.89. The Morgan fingerprint density at radius 1 is 0.784 bits per heavy atom. The number of aliphatic hydroxyl groups excluding tert-OH is 2. The van der Waals surface area contributed by atoms with Gasteiger partial charge in [0.25, 0.3) is 0 Å². The molecular formula is C41H44N2O7S. The number of rotatable bonds is 13. The molecule has 5 atom stereocenters. The molecule has 0 aromatic heterocycles. The number of nitrogens with one attached hydrogen (secondary N) is 1. The average molecular weight is 709 g/mol. The molecule has 10 heteroatoms. The van der Waals surface area contributed by atoms with Gasteiger partial charge in [-0.3, -0.25) is 0 Å². The van der Waals surface area contributed by atoms with Gasteiger partial charge >= 0.3 is 0 Å². The molecule has 0 amide bonds. The van der Waals surface area contributed by atoms with E-state index >= 15 is 0 Å². The van der Waals surface area contributed by atoms with Crippen LogP contribution in [0.15, 0.2) is 132 Å². The number of hydrogen-bond acceptors (Lipinski definition) is 8. The number of sulfonamides is 1. The first-order chi connectivity index (χ1) is 24.6. The van der Waals surface area contributed by atoms with Gasteiger partial charge in [-0.05, 0) is 76.8 Å². The maximum absolute atomic E-state index is 12.8. The van der Waals surface area contributed by atoms with Crippen LogP contribution >= 0.6 is 0 Å².